The van der Waals surface area contributed by atoms with E-state index in [1.54, 1.807) is 6.07 Å². The molecule has 0 aliphatic heterocycles. The smallest absolute Gasteiger partial charge is 0.127 e. The normalized spacial score (nSPS) is 11.7. The summed E-state index contributed by atoms with van der Waals surface area (Å²) in [7, 11) is 0. The number of halogens is 4. The fourth-order valence-electron chi connectivity index (χ4n) is 8.34. The molecule has 1 nitrogen and oxygen atoms in total. The second-order valence-electron chi connectivity index (χ2n) is 28.7. The van der Waals surface area contributed by atoms with E-state index in [-0.39, 0.29) is 50.3 Å². The van der Waals surface area contributed by atoms with Gasteiger partial charge in [0.05, 0.1) is 6.61 Å². The topological polar surface area (TPSA) is 20.2 Å². The molecular formula is C76H106Cl3FO. The summed E-state index contributed by atoms with van der Waals surface area (Å²) >= 11 is 18.2. The van der Waals surface area contributed by atoms with Crippen LogP contribution in [0.4, 0.5) is 4.39 Å². The highest BCUT2D eigenvalue weighted by atomic mass is 35.5. The number of benzene rings is 7. The van der Waals surface area contributed by atoms with Crippen molar-refractivity contribution in [2.45, 2.75) is 225 Å². The molecule has 0 aromatic heterocycles. The first-order valence-corrected chi connectivity index (χ1v) is 29.8. The molecule has 5 heteroatoms. The first-order chi connectivity index (χ1) is 36.8. The van der Waals surface area contributed by atoms with E-state index in [1.807, 2.05) is 82.3 Å². The van der Waals surface area contributed by atoms with Gasteiger partial charge in [0.25, 0.3) is 0 Å². The van der Waals surface area contributed by atoms with Crippen molar-refractivity contribution in [2.75, 3.05) is 0 Å². The molecule has 0 radical (unpaired) electrons. The lowest BCUT2D eigenvalue weighted by Crippen LogP contribution is -2.13. The van der Waals surface area contributed by atoms with Crippen molar-refractivity contribution in [3.05, 3.63) is 245 Å². The molecule has 0 bridgehead atoms. The van der Waals surface area contributed by atoms with Crippen LogP contribution in [0.25, 0.3) is 0 Å². The largest absolute Gasteiger partial charge is 0.392 e. The molecule has 0 saturated carbocycles. The summed E-state index contributed by atoms with van der Waals surface area (Å²) in [6.07, 6.45) is 0. The van der Waals surface area contributed by atoms with Gasteiger partial charge in [-0.1, -0.05) is 324 Å². The Morgan fingerprint density at radius 1 is 0.309 bits per heavy atom. The van der Waals surface area contributed by atoms with Crippen LogP contribution in [0, 0.1) is 40.4 Å². The maximum absolute atomic E-state index is 13.3. The third kappa shape index (κ3) is 28.0. The Hall–Kier alpha value is -4.70. The molecule has 0 atom stereocenters. The van der Waals surface area contributed by atoms with Gasteiger partial charge in [0.2, 0.25) is 0 Å². The molecule has 7 aromatic rings. The number of rotatable bonds is 1. The van der Waals surface area contributed by atoms with Gasteiger partial charge in [-0.2, -0.15) is 0 Å². The Kier molecular flexibility index (Phi) is 29.2. The molecule has 0 amide bonds. The van der Waals surface area contributed by atoms with Crippen molar-refractivity contribution >= 4 is 34.8 Å². The van der Waals surface area contributed by atoms with Gasteiger partial charge in [0, 0.05) is 15.1 Å². The zero-order valence-corrected chi connectivity index (χ0v) is 57.4. The van der Waals surface area contributed by atoms with E-state index in [1.165, 1.54) is 50.1 Å². The zero-order chi connectivity index (χ0) is 62.7. The minimum atomic E-state index is -0.0994. The molecule has 444 valence electrons. The van der Waals surface area contributed by atoms with Gasteiger partial charge in [0.15, 0.2) is 0 Å². The van der Waals surface area contributed by atoms with Crippen LogP contribution in [0.3, 0.4) is 0 Å². The predicted octanol–water partition coefficient (Wildman–Crippen LogP) is 24.0. The zero-order valence-electron chi connectivity index (χ0n) is 55.1. The predicted molar refractivity (Wildman–Crippen MR) is 361 cm³/mol. The van der Waals surface area contributed by atoms with E-state index in [0.717, 1.165) is 37.3 Å². The van der Waals surface area contributed by atoms with Crippen LogP contribution in [0.15, 0.2) is 152 Å². The van der Waals surface area contributed by atoms with Gasteiger partial charge in [-0.05, 0) is 152 Å². The third-order valence-electron chi connectivity index (χ3n) is 13.3. The molecule has 0 aliphatic rings. The fraction of sp³-hybridized carbons (Fsp3) is 0.447. The van der Waals surface area contributed by atoms with E-state index in [4.69, 9.17) is 39.9 Å². The second-order valence-corrected chi connectivity index (χ2v) is 30.0. The molecule has 81 heavy (non-hydrogen) atoms. The number of aliphatic hydroxyl groups is 1. The van der Waals surface area contributed by atoms with Crippen molar-refractivity contribution in [2.24, 2.45) is 0 Å². The minimum absolute atomic E-state index is 0.00935. The Morgan fingerprint density at radius 2 is 0.667 bits per heavy atom. The van der Waals surface area contributed by atoms with Crippen molar-refractivity contribution in [1.29, 1.82) is 0 Å². The summed E-state index contributed by atoms with van der Waals surface area (Å²) in [6.45, 7) is 55.9. The molecular weight excluding hydrogens is 1050 g/mol. The van der Waals surface area contributed by atoms with E-state index in [9.17, 15) is 4.39 Å². The van der Waals surface area contributed by atoms with Gasteiger partial charge in [-0.25, -0.2) is 4.39 Å². The van der Waals surface area contributed by atoms with Crippen LogP contribution in [-0.4, -0.2) is 5.11 Å². The van der Waals surface area contributed by atoms with Crippen LogP contribution in [0.5, 0.6) is 0 Å². The Balaban J connectivity index is 0.000000473. The summed E-state index contributed by atoms with van der Waals surface area (Å²) in [6, 6.07) is 51.4. The van der Waals surface area contributed by atoms with Crippen molar-refractivity contribution < 1.29 is 9.50 Å². The first-order valence-electron chi connectivity index (χ1n) is 28.7. The molecule has 0 fully saturated rings. The average molecular weight is 1160 g/mol. The standard InChI is InChI=1S/C11H15Cl.C11H15F.C11H16O.3C11H16.C10H12Cl2/c2*1-8-5-6-9(10(12)7-8)11(2,3)4;1-11(2,3)10-7-5-4-6-9(10)8-12;1-9-5-7-10(8-6-9)11(2,3)4;2*1-9-6-5-7-10(8-9)11(2,3)4;1-10(2,3)9-7(11)5-4-6-8(9)12/h2*5-7H,1-4H3;4-7,12H,8H2,1-3H3;3*5-8H,1-4H3;4-6H,1-3H3. The van der Waals surface area contributed by atoms with Crippen LogP contribution >= 0.6 is 34.8 Å². The molecule has 7 rings (SSSR count). The maximum Gasteiger partial charge on any atom is 0.127 e. The van der Waals surface area contributed by atoms with E-state index < -0.39 is 0 Å². The van der Waals surface area contributed by atoms with Crippen molar-refractivity contribution in [3.8, 4) is 0 Å². The van der Waals surface area contributed by atoms with Gasteiger partial charge < -0.3 is 5.11 Å². The lowest BCUT2D eigenvalue weighted by molar-refractivity contribution is 0.278. The highest BCUT2D eigenvalue weighted by Crippen LogP contribution is 2.35. The van der Waals surface area contributed by atoms with Crippen LogP contribution in [0.1, 0.15) is 218 Å². The minimum Gasteiger partial charge on any atom is -0.392 e. The van der Waals surface area contributed by atoms with E-state index >= 15 is 0 Å². The molecule has 0 spiro atoms. The summed E-state index contributed by atoms with van der Waals surface area (Å²) in [4.78, 5) is 0. The average Bonchev–Trinajstić information content (AvgIpc) is 3.30. The molecule has 0 saturated heterocycles. The molecule has 0 unspecified atom stereocenters. The van der Waals surface area contributed by atoms with Crippen molar-refractivity contribution in [3.63, 3.8) is 0 Å². The van der Waals surface area contributed by atoms with E-state index in [0.29, 0.717) is 0 Å². The van der Waals surface area contributed by atoms with Crippen LogP contribution in [-0.2, 0) is 44.5 Å². The highest BCUT2D eigenvalue weighted by Gasteiger charge is 2.21. The number of hydrogen-bond donors (Lipinski definition) is 1. The summed E-state index contributed by atoms with van der Waals surface area (Å²) in [5.74, 6) is -0.0949. The second kappa shape index (κ2) is 31.8. The lowest BCUT2D eigenvalue weighted by Gasteiger charge is -2.21. The van der Waals surface area contributed by atoms with Gasteiger partial charge >= 0.3 is 0 Å². The van der Waals surface area contributed by atoms with Crippen LogP contribution in [0.2, 0.25) is 15.1 Å². The molecule has 0 aliphatic carbocycles. The van der Waals surface area contributed by atoms with Crippen molar-refractivity contribution in [1.82, 2.24) is 0 Å². The third-order valence-corrected chi connectivity index (χ3v) is 14.2. The van der Waals surface area contributed by atoms with Crippen LogP contribution < -0.4 is 0 Å². The maximum atomic E-state index is 13.3. The number of hydrogen-bond acceptors (Lipinski definition) is 1. The van der Waals surface area contributed by atoms with Gasteiger partial charge in [0.1, 0.15) is 5.82 Å². The Bertz CT molecular complexity index is 2830. The van der Waals surface area contributed by atoms with Gasteiger partial charge in [-0.15, -0.1) is 0 Å². The fourth-order valence-corrected chi connectivity index (χ4v) is 9.82. The number of aryl methyl sites for hydroxylation is 5. The van der Waals surface area contributed by atoms with E-state index in [2.05, 4.69) is 243 Å². The summed E-state index contributed by atoms with van der Waals surface area (Å²) in [5.41, 5.74) is 16.8. The monoisotopic (exact) mass is 1160 g/mol. The lowest BCUT2D eigenvalue weighted by atomic mass is 9.84. The highest BCUT2D eigenvalue weighted by molar-refractivity contribution is 6.36. The summed E-state index contributed by atoms with van der Waals surface area (Å²) < 4.78 is 13.3. The summed E-state index contributed by atoms with van der Waals surface area (Å²) in [5, 5.41) is 11.4. The Labute approximate surface area is 510 Å². The molecule has 0 heterocycles. The molecule has 7 aromatic carbocycles. The van der Waals surface area contributed by atoms with Gasteiger partial charge in [-0.3, -0.25) is 0 Å². The quantitative estimate of drug-likeness (QED) is 0.174. The Morgan fingerprint density at radius 3 is 0.975 bits per heavy atom. The SMILES string of the molecule is CC(C)(C)c1c(Cl)cccc1Cl.CC(C)(C)c1ccccc1CO.Cc1ccc(C(C)(C)C)c(Cl)c1.Cc1ccc(C(C)(C)C)c(F)c1.Cc1ccc(C(C)(C)C)cc1.Cc1cccc(C(C)(C)C)c1.Cc1cccc(C(C)(C)C)c1. The first kappa shape index (κ1) is 74.3. The number of aliphatic hydroxyl groups excluding tert-OH is 1. The molecule has 1 N–H and O–H groups in total.